The molecule has 0 amide bonds. The fourth-order valence-electron chi connectivity index (χ4n) is 4.69. The quantitative estimate of drug-likeness (QED) is 0.321. The maximum absolute atomic E-state index is 2.54. The Morgan fingerprint density at radius 3 is 1.91 bits per heavy atom. The molecule has 138 valence electrons. The van der Waals surface area contributed by atoms with Crippen molar-refractivity contribution in [1.29, 1.82) is 0 Å². The summed E-state index contributed by atoms with van der Waals surface area (Å²) in [4.78, 5) is 0. The van der Waals surface area contributed by atoms with Crippen LogP contribution in [0.1, 0.15) is 100 Å². The minimum absolute atomic E-state index is 0.876. The van der Waals surface area contributed by atoms with E-state index < -0.39 is 0 Å². The molecule has 0 heterocycles. The second kappa shape index (κ2) is 10.1. The molecule has 1 saturated carbocycles. The third kappa shape index (κ3) is 6.79. The highest BCUT2D eigenvalue weighted by Crippen LogP contribution is 2.52. The van der Waals surface area contributed by atoms with E-state index in [1.54, 1.807) is 0 Å². The van der Waals surface area contributed by atoms with Crippen molar-refractivity contribution in [3.8, 4) is 0 Å². The Bertz CT molecular complexity index is 305. The molecule has 0 nitrogen and oxygen atoms in total. The largest absolute Gasteiger partial charge is 0.0654 e. The molecule has 7 unspecified atom stereocenters. The van der Waals surface area contributed by atoms with E-state index in [1.165, 1.54) is 44.9 Å². The first kappa shape index (κ1) is 21.0. The predicted octanol–water partition coefficient (Wildman–Crippen LogP) is 7.82. The minimum atomic E-state index is 0.876. The standard InChI is InChI=1S/C23H46/c1-9-10-11-12-17(4)13-14-18(5)19(6)20(7)21(8)23-15-22(23)16(2)3/h16-23H,9-15H2,1-8H3. The third-order valence-electron chi connectivity index (χ3n) is 7.39. The monoisotopic (exact) mass is 322 g/mol. The summed E-state index contributed by atoms with van der Waals surface area (Å²) in [6.07, 6.45) is 10.0. The fraction of sp³-hybridized carbons (Fsp3) is 1.00. The summed E-state index contributed by atoms with van der Waals surface area (Å²) >= 11 is 0. The Morgan fingerprint density at radius 1 is 0.739 bits per heavy atom. The smallest absolute Gasteiger partial charge is 0.0352 e. The van der Waals surface area contributed by atoms with Gasteiger partial charge in [0.2, 0.25) is 0 Å². The van der Waals surface area contributed by atoms with E-state index in [-0.39, 0.29) is 0 Å². The van der Waals surface area contributed by atoms with Crippen LogP contribution >= 0.6 is 0 Å². The molecule has 23 heavy (non-hydrogen) atoms. The van der Waals surface area contributed by atoms with Gasteiger partial charge in [-0.25, -0.2) is 0 Å². The summed E-state index contributed by atoms with van der Waals surface area (Å²) in [5.74, 6) is 7.43. The summed E-state index contributed by atoms with van der Waals surface area (Å²) in [6.45, 7) is 19.7. The van der Waals surface area contributed by atoms with Crippen LogP contribution in [0.2, 0.25) is 0 Å². The summed E-state index contributed by atoms with van der Waals surface area (Å²) < 4.78 is 0. The van der Waals surface area contributed by atoms with Gasteiger partial charge in [0.15, 0.2) is 0 Å². The first-order valence-electron chi connectivity index (χ1n) is 10.8. The number of unbranched alkanes of at least 4 members (excludes halogenated alkanes) is 2. The van der Waals surface area contributed by atoms with Gasteiger partial charge in [0.25, 0.3) is 0 Å². The molecule has 1 rings (SSSR count). The summed E-state index contributed by atoms with van der Waals surface area (Å²) in [7, 11) is 0. The van der Waals surface area contributed by atoms with Crippen molar-refractivity contribution in [1.82, 2.24) is 0 Å². The van der Waals surface area contributed by atoms with Crippen molar-refractivity contribution < 1.29 is 0 Å². The van der Waals surface area contributed by atoms with Crippen LogP contribution in [0.4, 0.5) is 0 Å². The van der Waals surface area contributed by atoms with Gasteiger partial charge in [-0.15, -0.1) is 0 Å². The molecule has 0 bridgehead atoms. The second-order valence-corrected chi connectivity index (χ2v) is 9.54. The van der Waals surface area contributed by atoms with Gasteiger partial charge in [-0.3, -0.25) is 0 Å². The third-order valence-corrected chi connectivity index (χ3v) is 7.39. The molecule has 0 aliphatic heterocycles. The van der Waals surface area contributed by atoms with Gasteiger partial charge < -0.3 is 0 Å². The zero-order valence-electron chi connectivity index (χ0n) is 17.6. The van der Waals surface area contributed by atoms with E-state index in [0.29, 0.717) is 0 Å². The number of hydrogen-bond acceptors (Lipinski definition) is 0. The Labute approximate surface area is 148 Å². The summed E-state index contributed by atoms with van der Waals surface area (Å²) in [6, 6.07) is 0. The van der Waals surface area contributed by atoms with Crippen LogP contribution in [0.15, 0.2) is 0 Å². The minimum Gasteiger partial charge on any atom is -0.0654 e. The predicted molar refractivity (Wildman–Crippen MR) is 106 cm³/mol. The molecule has 0 aromatic rings. The van der Waals surface area contributed by atoms with E-state index >= 15 is 0 Å². The zero-order chi connectivity index (χ0) is 17.6. The van der Waals surface area contributed by atoms with Crippen molar-refractivity contribution >= 4 is 0 Å². The van der Waals surface area contributed by atoms with E-state index in [9.17, 15) is 0 Å². The molecule has 7 atom stereocenters. The number of hydrogen-bond donors (Lipinski definition) is 0. The van der Waals surface area contributed by atoms with Crippen LogP contribution in [0.3, 0.4) is 0 Å². The van der Waals surface area contributed by atoms with Gasteiger partial charge in [0, 0.05) is 0 Å². The maximum atomic E-state index is 2.54. The highest BCUT2D eigenvalue weighted by molar-refractivity contribution is 4.93. The van der Waals surface area contributed by atoms with E-state index in [1.807, 2.05) is 0 Å². The van der Waals surface area contributed by atoms with Crippen LogP contribution in [0.5, 0.6) is 0 Å². The molecule has 0 heteroatoms. The fourth-order valence-corrected chi connectivity index (χ4v) is 4.69. The van der Waals surface area contributed by atoms with Crippen LogP contribution < -0.4 is 0 Å². The SMILES string of the molecule is CCCCCC(C)CCC(C)C(C)C(C)C(C)C1CC1C(C)C. The lowest BCUT2D eigenvalue weighted by Gasteiger charge is -2.32. The van der Waals surface area contributed by atoms with Crippen molar-refractivity contribution in [3.05, 3.63) is 0 Å². The van der Waals surface area contributed by atoms with Crippen molar-refractivity contribution in [2.75, 3.05) is 0 Å². The lowest BCUT2D eigenvalue weighted by Crippen LogP contribution is -2.24. The zero-order valence-corrected chi connectivity index (χ0v) is 17.6. The molecular formula is C23H46. The van der Waals surface area contributed by atoms with Crippen LogP contribution in [0, 0.1) is 47.3 Å². The lowest BCUT2D eigenvalue weighted by atomic mass is 9.74. The van der Waals surface area contributed by atoms with Gasteiger partial charge in [0.05, 0.1) is 0 Å². The lowest BCUT2D eigenvalue weighted by molar-refractivity contribution is 0.175. The molecule has 1 fully saturated rings. The van der Waals surface area contributed by atoms with E-state index in [0.717, 1.165) is 47.3 Å². The van der Waals surface area contributed by atoms with E-state index in [4.69, 9.17) is 0 Å². The Hall–Kier alpha value is 0. The van der Waals surface area contributed by atoms with Crippen molar-refractivity contribution in [3.63, 3.8) is 0 Å². The molecule has 1 aliphatic rings. The highest BCUT2D eigenvalue weighted by atomic mass is 14.5. The first-order valence-corrected chi connectivity index (χ1v) is 10.8. The van der Waals surface area contributed by atoms with Gasteiger partial charge in [-0.05, 0) is 53.8 Å². The Balaban J connectivity index is 2.30. The molecule has 0 radical (unpaired) electrons. The maximum Gasteiger partial charge on any atom is -0.0352 e. The molecule has 0 N–H and O–H groups in total. The topological polar surface area (TPSA) is 0 Å². The molecule has 0 aromatic carbocycles. The second-order valence-electron chi connectivity index (χ2n) is 9.54. The van der Waals surface area contributed by atoms with Crippen LogP contribution in [-0.2, 0) is 0 Å². The average molecular weight is 323 g/mol. The van der Waals surface area contributed by atoms with Crippen LogP contribution in [0.25, 0.3) is 0 Å². The van der Waals surface area contributed by atoms with E-state index in [2.05, 4.69) is 55.4 Å². The molecule has 0 spiro atoms. The van der Waals surface area contributed by atoms with Crippen LogP contribution in [-0.4, -0.2) is 0 Å². The van der Waals surface area contributed by atoms with Gasteiger partial charge in [-0.1, -0.05) is 93.9 Å². The van der Waals surface area contributed by atoms with Gasteiger partial charge in [-0.2, -0.15) is 0 Å². The molecule has 0 aromatic heterocycles. The van der Waals surface area contributed by atoms with Gasteiger partial charge in [0.1, 0.15) is 0 Å². The molecule has 1 aliphatic carbocycles. The first-order chi connectivity index (χ1) is 10.8. The number of rotatable bonds is 12. The summed E-state index contributed by atoms with van der Waals surface area (Å²) in [5, 5.41) is 0. The summed E-state index contributed by atoms with van der Waals surface area (Å²) in [5.41, 5.74) is 0. The molecule has 0 saturated heterocycles. The Morgan fingerprint density at radius 2 is 1.39 bits per heavy atom. The van der Waals surface area contributed by atoms with Crippen molar-refractivity contribution in [2.45, 2.75) is 100 Å². The van der Waals surface area contributed by atoms with Gasteiger partial charge >= 0.3 is 0 Å². The normalized spacial score (nSPS) is 27.5. The Kier molecular flexibility index (Phi) is 9.24. The molecular weight excluding hydrogens is 276 g/mol. The highest BCUT2D eigenvalue weighted by Gasteiger charge is 2.45. The van der Waals surface area contributed by atoms with Crippen molar-refractivity contribution in [2.24, 2.45) is 47.3 Å². The average Bonchev–Trinajstić information content (AvgIpc) is 3.31.